The van der Waals surface area contributed by atoms with Gasteiger partial charge >= 0.3 is 0 Å². The second-order valence-corrected chi connectivity index (χ2v) is 7.89. The first kappa shape index (κ1) is 19.5. The molecule has 1 fully saturated rings. The fourth-order valence-electron chi connectivity index (χ4n) is 4.02. The molecule has 4 rings (SSSR count). The predicted octanol–water partition coefficient (Wildman–Crippen LogP) is 2.71. The second kappa shape index (κ2) is 8.25. The summed E-state index contributed by atoms with van der Waals surface area (Å²) >= 11 is 0. The fourth-order valence-corrected chi connectivity index (χ4v) is 4.02. The van der Waals surface area contributed by atoms with E-state index in [-0.39, 0.29) is 24.5 Å². The van der Waals surface area contributed by atoms with Gasteiger partial charge in [-0.25, -0.2) is 0 Å². The Morgan fingerprint density at radius 3 is 2.59 bits per heavy atom. The molecule has 6 heteroatoms. The van der Waals surface area contributed by atoms with Gasteiger partial charge in [-0.05, 0) is 62.8 Å². The van der Waals surface area contributed by atoms with E-state index >= 15 is 0 Å². The first-order valence-corrected chi connectivity index (χ1v) is 10.1. The molecule has 2 heterocycles. The molecule has 0 aromatic heterocycles. The van der Waals surface area contributed by atoms with Crippen molar-refractivity contribution in [3.63, 3.8) is 0 Å². The minimum Gasteiger partial charge on any atom is -0.484 e. The highest BCUT2D eigenvalue weighted by atomic mass is 16.5. The van der Waals surface area contributed by atoms with Gasteiger partial charge in [-0.1, -0.05) is 18.2 Å². The molecule has 1 saturated heterocycles. The number of carbonyl (C=O) groups is 2. The van der Waals surface area contributed by atoms with Gasteiger partial charge in [-0.15, -0.1) is 0 Å². The molecule has 0 aliphatic carbocycles. The number of nitrogens with zero attached hydrogens (tertiary/aromatic N) is 3. The summed E-state index contributed by atoms with van der Waals surface area (Å²) in [6.07, 6.45) is 2.44. The van der Waals surface area contributed by atoms with Gasteiger partial charge in [0.25, 0.3) is 5.91 Å². The standard InChI is InChI=1S/C23H27N3O3/c1-24(2)19-14-17-6-3-4-7-21(17)26(15-19)23(28)16-29-20-11-9-18(10-12-20)25-13-5-8-22(25)27/h3-4,6-7,9-12,19H,5,8,13-16H2,1-2H3. The quantitative estimate of drug-likeness (QED) is 0.784. The molecule has 2 aromatic carbocycles. The van der Waals surface area contributed by atoms with Crippen molar-refractivity contribution in [1.82, 2.24) is 4.90 Å². The van der Waals surface area contributed by atoms with Crippen molar-refractivity contribution in [3.8, 4) is 5.75 Å². The molecule has 1 unspecified atom stereocenters. The van der Waals surface area contributed by atoms with E-state index in [1.807, 2.05) is 61.5 Å². The number of carbonyl (C=O) groups excluding carboxylic acids is 2. The van der Waals surface area contributed by atoms with Gasteiger partial charge in [0, 0.05) is 36.9 Å². The van der Waals surface area contributed by atoms with Gasteiger partial charge < -0.3 is 19.4 Å². The maximum atomic E-state index is 13.0. The summed E-state index contributed by atoms with van der Waals surface area (Å²) in [4.78, 5) is 30.6. The Balaban J connectivity index is 1.42. The molecule has 2 aromatic rings. The average molecular weight is 393 g/mol. The van der Waals surface area contributed by atoms with Crippen LogP contribution in [0, 0.1) is 0 Å². The van der Waals surface area contributed by atoms with Gasteiger partial charge in [0.05, 0.1) is 0 Å². The van der Waals surface area contributed by atoms with E-state index < -0.39 is 0 Å². The molecule has 2 aliphatic heterocycles. The maximum Gasteiger partial charge on any atom is 0.264 e. The van der Waals surface area contributed by atoms with Gasteiger partial charge in [-0.2, -0.15) is 0 Å². The van der Waals surface area contributed by atoms with Crippen molar-refractivity contribution in [2.24, 2.45) is 0 Å². The summed E-state index contributed by atoms with van der Waals surface area (Å²) in [6, 6.07) is 15.7. The van der Waals surface area contributed by atoms with E-state index in [9.17, 15) is 9.59 Å². The number of ether oxygens (including phenoxy) is 1. The Morgan fingerprint density at radius 1 is 1.14 bits per heavy atom. The normalized spacial score (nSPS) is 18.9. The van der Waals surface area contributed by atoms with Crippen LogP contribution in [0.25, 0.3) is 0 Å². The molecule has 0 spiro atoms. The monoisotopic (exact) mass is 393 g/mol. The largest absolute Gasteiger partial charge is 0.484 e. The molecule has 0 radical (unpaired) electrons. The average Bonchev–Trinajstić information content (AvgIpc) is 3.17. The Morgan fingerprint density at radius 2 is 1.90 bits per heavy atom. The molecular weight excluding hydrogens is 366 g/mol. The smallest absolute Gasteiger partial charge is 0.264 e. The molecule has 29 heavy (non-hydrogen) atoms. The Labute approximate surface area is 171 Å². The highest BCUT2D eigenvalue weighted by Crippen LogP contribution is 2.29. The fraction of sp³-hybridized carbons (Fsp3) is 0.391. The van der Waals surface area contributed by atoms with Crippen molar-refractivity contribution in [1.29, 1.82) is 0 Å². The van der Waals surface area contributed by atoms with Crippen LogP contribution in [-0.4, -0.2) is 56.5 Å². The zero-order valence-corrected chi connectivity index (χ0v) is 17.0. The van der Waals surface area contributed by atoms with Crippen LogP contribution in [0.4, 0.5) is 11.4 Å². The number of rotatable bonds is 5. The van der Waals surface area contributed by atoms with Crippen LogP contribution in [0.15, 0.2) is 48.5 Å². The van der Waals surface area contributed by atoms with E-state index in [0.717, 1.165) is 30.8 Å². The van der Waals surface area contributed by atoms with E-state index in [4.69, 9.17) is 4.74 Å². The molecular formula is C23H27N3O3. The van der Waals surface area contributed by atoms with Crippen molar-refractivity contribution >= 4 is 23.2 Å². The van der Waals surface area contributed by atoms with Gasteiger partial charge in [0.15, 0.2) is 6.61 Å². The maximum absolute atomic E-state index is 13.0. The van der Waals surface area contributed by atoms with E-state index in [2.05, 4.69) is 11.0 Å². The highest BCUT2D eigenvalue weighted by molar-refractivity contribution is 5.96. The number of fused-ring (bicyclic) bond motifs is 1. The lowest BCUT2D eigenvalue weighted by Gasteiger charge is -2.37. The van der Waals surface area contributed by atoms with E-state index in [1.54, 1.807) is 4.90 Å². The second-order valence-electron chi connectivity index (χ2n) is 7.89. The lowest BCUT2D eigenvalue weighted by molar-refractivity contribution is -0.121. The SMILES string of the molecule is CN(C)C1Cc2ccccc2N(C(=O)COc2ccc(N3CCCC3=O)cc2)C1. The molecule has 6 nitrogen and oxygen atoms in total. The number of para-hydroxylation sites is 1. The number of anilines is 2. The summed E-state index contributed by atoms with van der Waals surface area (Å²) in [6.45, 7) is 1.40. The predicted molar refractivity (Wildman–Crippen MR) is 113 cm³/mol. The first-order chi connectivity index (χ1) is 14.0. The topological polar surface area (TPSA) is 53.1 Å². The Hall–Kier alpha value is -2.86. The zero-order valence-electron chi connectivity index (χ0n) is 17.0. The van der Waals surface area contributed by atoms with Crippen LogP contribution >= 0.6 is 0 Å². The third-order valence-corrected chi connectivity index (χ3v) is 5.75. The van der Waals surface area contributed by atoms with Gasteiger partial charge in [0.2, 0.25) is 5.91 Å². The molecule has 0 N–H and O–H groups in total. The lowest BCUT2D eigenvalue weighted by atomic mass is 9.97. The molecule has 0 bridgehead atoms. The lowest BCUT2D eigenvalue weighted by Crippen LogP contribution is -2.49. The first-order valence-electron chi connectivity index (χ1n) is 10.1. The molecule has 0 saturated carbocycles. The van der Waals surface area contributed by atoms with Crippen molar-refractivity contribution < 1.29 is 14.3 Å². The number of likely N-dealkylation sites (N-methyl/N-ethyl adjacent to an activating group) is 1. The summed E-state index contributed by atoms with van der Waals surface area (Å²) in [5.41, 5.74) is 3.04. The van der Waals surface area contributed by atoms with Crippen LogP contribution < -0.4 is 14.5 Å². The van der Waals surface area contributed by atoms with Crippen LogP contribution in [0.3, 0.4) is 0 Å². The number of benzene rings is 2. The Kier molecular flexibility index (Phi) is 5.53. The van der Waals surface area contributed by atoms with Crippen LogP contribution in [-0.2, 0) is 16.0 Å². The summed E-state index contributed by atoms with van der Waals surface area (Å²) in [5, 5.41) is 0. The minimum atomic E-state index is -0.0530. The number of hydrogen-bond donors (Lipinski definition) is 0. The van der Waals surface area contributed by atoms with Crippen LogP contribution in [0.5, 0.6) is 5.75 Å². The van der Waals surface area contributed by atoms with Crippen LogP contribution in [0.2, 0.25) is 0 Å². The van der Waals surface area contributed by atoms with Gasteiger partial charge in [0.1, 0.15) is 5.75 Å². The van der Waals surface area contributed by atoms with E-state index in [0.29, 0.717) is 18.7 Å². The van der Waals surface area contributed by atoms with E-state index in [1.165, 1.54) is 5.56 Å². The molecule has 2 aliphatic rings. The highest BCUT2D eigenvalue weighted by Gasteiger charge is 2.29. The third-order valence-electron chi connectivity index (χ3n) is 5.75. The zero-order chi connectivity index (χ0) is 20.4. The Bertz CT molecular complexity index is 894. The summed E-state index contributed by atoms with van der Waals surface area (Å²) < 4.78 is 5.77. The summed E-state index contributed by atoms with van der Waals surface area (Å²) in [5.74, 6) is 0.735. The van der Waals surface area contributed by atoms with Crippen molar-refractivity contribution in [3.05, 3.63) is 54.1 Å². The number of amides is 2. The molecule has 1 atom stereocenters. The molecule has 2 amide bonds. The third kappa shape index (κ3) is 4.12. The summed E-state index contributed by atoms with van der Waals surface area (Å²) in [7, 11) is 4.09. The number of hydrogen-bond acceptors (Lipinski definition) is 4. The minimum absolute atomic E-state index is 0.0174. The van der Waals surface area contributed by atoms with Crippen LogP contribution in [0.1, 0.15) is 18.4 Å². The van der Waals surface area contributed by atoms with Crippen molar-refractivity contribution in [2.75, 3.05) is 43.6 Å². The van der Waals surface area contributed by atoms with Gasteiger partial charge in [-0.3, -0.25) is 9.59 Å². The molecule has 152 valence electrons. The van der Waals surface area contributed by atoms with Crippen molar-refractivity contribution in [2.45, 2.75) is 25.3 Å².